The number of hydrogen-bond acceptors (Lipinski definition) is 4. The maximum atomic E-state index is 11.2. The van der Waals surface area contributed by atoms with Crippen molar-refractivity contribution in [2.75, 3.05) is 6.54 Å². The Kier molecular flexibility index (Phi) is 4.29. The molecule has 0 aromatic carbocycles. The van der Waals surface area contributed by atoms with Gasteiger partial charge in [-0.3, -0.25) is 9.48 Å². The van der Waals surface area contributed by atoms with Crippen LogP contribution in [0.4, 0.5) is 0 Å². The number of carbonyl (C=O) groups is 1. The van der Waals surface area contributed by atoms with Crippen molar-refractivity contribution < 1.29 is 4.79 Å². The van der Waals surface area contributed by atoms with Crippen LogP contribution in [0.2, 0.25) is 0 Å². The largest absolute Gasteiger partial charge is 0.355 e. The molecule has 6 nitrogen and oxygen atoms in total. The van der Waals surface area contributed by atoms with Crippen LogP contribution in [0.25, 0.3) is 0 Å². The van der Waals surface area contributed by atoms with Gasteiger partial charge in [0.2, 0.25) is 5.91 Å². The van der Waals surface area contributed by atoms with Crippen molar-refractivity contribution in [2.45, 2.75) is 19.9 Å². The molecule has 0 saturated heterocycles. The molecule has 80 valence electrons. The minimum Gasteiger partial charge on any atom is -0.355 e. The molecule has 1 N–H and O–H groups in total. The second kappa shape index (κ2) is 5.75. The summed E-state index contributed by atoms with van der Waals surface area (Å²) in [5, 5.41) is 18.6. The first kappa shape index (κ1) is 11.2. The lowest BCUT2D eigenvalue weighted by molar-refractivity contribution is -0.122. The number of nitrogens with one attached hydrogen (secondary N) is 1. The fraction of sp³-hybridized carbons (Fsp3) is 0.556. The molecular formula is C9H13N5O. The molecule has 0 aliphatic heterocycles. The highest BCUT2D eigenvalue weighted by Crippen LogP contribution is 1.91. The Morgan fingerprint density at radius 2 is 2.53 bits per heavy atom. The Labute approximate surface area is 87.9 Å². The summed E-state index contributed by atoms with van der Waals surface area (Å²) in [6.45, 7) is 2.83. The zero-order valence-electron chi connectivity index (χ0n) is 8.55. The highest BCUT2D eigenvalue weighted by atomic mass is 16.1. The summed E-state index contributed by atoms with van der Waals surface area (Å²) in [5.41, 5.74) is 0. The van der Waals surface area contributed by atoms with Crippen LogP contribution in [0.3, 0.4) is 0 Å². The molecule has 1 atom stereocenters. The number of aromatic nitrogens is 3. The third-order valence-corrected chi connectivity index (χ3v) is 1.92. The summed E-state index contributed by atoms with van der Waals surface area (Å²) in [7, 11) is 0. The van der Waals surface area contributed by atoms with Crippen molar-refractivity contribution in [3.8, 4) is 6.07 Å². The van der Waals surface area contributed by atoms with E-state index in [0.29, 0.717) is 13.1 Å². The Balaban J connectivity index is 2.12. The van der Waals surface area contributed by atoms with E-state index in [2.05, 4.69) is 15.6 Å². The monoisotopic (exact) mass is 207 g/mol. The van der Waals surface area contributed by atoms with Gasteiger partial charge in [0.1, 0.15) is 5.92 Å². The van der Waals surface area contributed by atoms with E-state index in [1.807, 2.05) is 6.07 Å². The van der Waals surface area contributed by atoms with E-state index in [-0.39, 0.29) is 5.91 Å². The predicted octanol–water partition coefficient (Wildman–Crippen LogP) is -0.0559. The quantitative estimate of drug-likeness (QED) is 0.686. The number of nitrogens with zero attached hydrogens (tertiary/aromatic N) is 4. The summed E-state index contributed by atoms with van der Waals surface area (Å²) in [4.78, 5) is 11.2. The van der Waals surface area contributed by atoms with Gasteiger partial charge in [-0.2, -0.15) is 5.26 Å². The first-order valence-corrected chi connectivity index (χ1v) is 4.75. The fourth-order valence-electron chi connectivity index (χ4n) is 1.02. The molecule has 1 rings (SSSR count). The molecule has 1 unspecified atom stereocenters. The maximum Gasteiger partial charge on any atom is 0.237 e. The number of nitriles is 1. The fourth-order valence-corrected chi connectivity index (χ4v) is 1.02. The zero-order chi connectivity index (χ0) is 11.1. The van der Waals surface area contributed by atoms with E-state index >= 15 is 0 Å². The van der Waals surface area contributed by atoms with Crippen molar-refractivity contribution in [3.63, 3.8) is 0 Å². The van der Waals surface area contributed by atoms with E-state index in [1.54, 1.807) is 24.0 Å². The van der Waals surface area contributed by atoms with Crippen molar-refractivity contribution >= 4 is 5.91 Å². The lowest BCUT2D eigenvalue weighted by Crippen LogP contribution is -2.29. The van der Waals surface area contributed by atoms with E-state index in [9.17, 15) is 4.79 Å². The maximum absolute atomic E-state index is 11.2. The molecule has 0 fully saturated rings. The summed E-state index contributed by atoms with van der Waals surface area (Å²) in [5.74, 6) is -0.813. The van der Waals surface area contributed by atoms with Crippen molar-refractivity contribution in [1.29, 1.82) is 5.26 Å². The average Bonchev–Trinajstić information content (AvgIpc) is 2.75. The molecule has 1 aromatic heterocycles. The third kappa shape index (κ3) is 3.77. The summed E-state index contributed by atoms with van der Waals surface area (Å²) < 4.78 is 1.69. The second-order valence-corrected chi connectivity index (χ2v) is 3.16. The van der Waals surface area contributed by atoms with Crippen LogP contribution in [0.15, 0.2) is 12.4 Å². The Morgan fingerprint density at radius 3 is 3.13 bits per heavy atom. The summed E-state index contributed by atoms with van der Waals surface area (Å²) in [6.07, 6.45) is 4.14. The number of carbonyl (C=O) groups excluding carboxylic acids is 1. The minimum atomic E-state index is -0.587. The van der Waals surface area contributed by atoms with Gasteiger partial charge in [0.05, 0.1) is 12.3 Å². The van der Waals surface area contributed by atoms with Gasteiger partial charge in [-0.15, -0.1) is 5.10 Å². The van der Waals surface area contributed by atoms with Gasteiger partial charge < -0.3 is 5.32 Å². The van der Waals surface area contributed by atoms with E-state index < -0.39 is 5.92 Å². The summed E-state index contributed by atoms with van der Waals surface area (Å²) in [6, 6.07) is 1.88. The van der Waals surface area contributed by atoms with Crippen LogP contribution in [0.5, 0.6) is 0 Å². The molecule has 15 heavy (non-hydrogen) atoms. The lowest BCUT2D eigenvalue weighted by Gasteiger charge is -2.05. The van der Waals surface area contributed by atoms with Crippen LogP contribution in [-0.2, 0) is 11.3 Å². The molecule has 1 amide bonds. The number of hydrogen-bond donors (Lipinski definition) is 1. The molecule has 0 saturated carbocycles. The van der Waals surface area contributed by atoms with Crippen LogP contribution in [-0.4, -0.2) is 27.4 Å². The molecule has 0 spiro atoms. The topological polar surface area (TPSA) is 83.6 Å². The first-order valence-electron chi connectivity index (χ1n) is 4.75. The Morgan fingerprint density at radius 1 is 1.73 bits per heavy atom. The van der Waals surface area contributed by atoms with E-state index in [4.69, 9.17) is 5.26 Å². The van der Waals surface area contributed by atoms with Gasteiger partial charge in [-0.25, -0.2) is 0 Å². The standard InChI is InChI=1S/C9H13N5O/c1-8(7-10)9(15)11-3-2-5-14-6-4-12-13-14/h4,6,8H,2-3,5H2,1H3,(H,11,15). The second-order valence-electron chi connectivity index (χ2n) is 3.16. The minimum absolute atomic E-state index is 0.226. The first-order chi connectivity index (χ1) is 7.24. The molecule has 1 aromatic rings. The normalized spacial score (nSPS) is 11.7. The van der Waals surface area contributed by atoms with Crippen LogP contribution >= 0.6 is 0 Å². The van der Waals surface area contributed by atoms with Crippen molar-refractivity contribution in [3.05, 3.63) is 12.4 Å². The smallest absolute Gasteiger partial charge is 0.237 e. The Hall–Kier alpha value is -1.90. The number of amides is 1. The van der Waals surface area contributed by atoms with Gasteiger partial charge in [-0.05, 0) is 13.3 Å². The van der Waals surface area contributed by atoms with E-state index in [1.165, 1.54) is 0 Å². The lowest BCUT2D eigenvalue weighted by atomic mass is 10.2. The van der Waals surface area contributed by atoms with E-state index in [0.717, 1.165) is 6.42 Å². The highest BCUT2D eigenvalue weighted by molar-refractivity contribution is 5.80. The molecular weight excluding hydrogens is 194 g/mol. The van der Waals surface area contributed by atoms with Gasteiger partial charge in [0, 0.05) is 19.3 Å². The van der Waals surface area contributed by atoms with Crippen LogP contribution < -0.4 is 5.32 Å². The molecule has 0 bridgehead atoms. The molecule has 0 aliphatic carbocycles. The van der Waals surface area contributed by atoms with Crippen molar-refractivity contribution in [1.82, 2.24) is 20.3 Å². The average molecular weight is 207 g/mol. The van der Waals surface area contributed by atoms with Crippen LogP contribution in [0.1, 0.15) is 13.3 Å². The highest BCUT2D eigenvalue weighted by Gasteiger charge is 2.09. The van der Waals surface area contributed by atoms with Gasteiger partial charge in [0.15, 0.2) is 0 Å². The van der Waals surface area contributed by atoms with Gasteiger partial charge in [0.25, 0.3) is 0 Å². The number of aryl methyl sites for hydroxylation is 1. The molecule has 6 heteroatoms. The third-order valence-electron chi connectivity index (χ3n) is 1.92. The van der Waals surface area contributed by atoms with Gasteiger partial charge in [-0.1, -0.05) is 5.21 Å². The molecule has 1 heterocycles. The van der Waals surface area contributed by atoms with Crippen LogP contribution in [0, 0.1) is 17.2 Å². The van der Waals surface area contributed by atoms with Gasteiger partial charge >= 0.3 is 0 Å². The van der Waals surface area contributed by atoms with Crippen molar-refractivity contribution in [2.24, 2.45) is 5.92 Å². The summed E-state index contributed by atoms with van der Waals surface area (Å²) >= 11 is 0. The number of rotatable bonds is 5. The molecule has 0 radical (unpaired) electrons. The Bertz CT molecular complexity index is 340. The zero-order valence-corrected chi connectivity index (χ0v) is 8.55. The SMILES string of the molecule is CC(C#N)C(=O)NCCCn1ccnn1. The molecule has 0 aliphatic rings. The predicted molar refractivity (Wildman–Crippen MR) is 52.4 cm³/mol.